The zero-order chi connectivity index (χ0) is 9.68. The van der Waals surface area contributed by atoms with Crippen LogP contribution in [0.1, 0.15) is 12.0 Å². The first-order valence-corrected chi connectivity index (χ1v) is 4.41. The van der Waals surface area contributed by atoms with Crippen LogP contribution in [-0.4, -0.2) is 6.29 Å². The van der Waals surface area contributed by atoms with Crippen LogP contribution in [0.3, 0.4) is 0 Å². The number of benzene rings is 1. The lowest BCUT2D eigenvalue weighted by atomic mass is 10.2. The van der Waals surface area contributed by atoms with Crippen LogP contribution in [0.2, 0.25) is 0 Å². The smallest absolute Gasteiger partial charge is 0.139 e. The van der Waals surface area contributed by atoms with E-state index in [0.29, 0.717) is 16.3 Å². The van der Waals surface area contributed by atoms with E-state index in [1.165, 1.54) is 6.07 Å². The van der Waals surface area contributed by atoms with Crippen LogP contribution in [0.25, 0.3) is 0 Å². The summed E-state index contributed by atoms with van der Waals surface area (Å²) in [6, 6.07) is 4.61. The van der Waals surface area contributed by atoms with Crippen LogP contribution < -0.4 is 0 Å². The summed E-state index contributed by atoms with van der Waals surface area (Å²) in [6.45, 7) is 0. The van der Waals surface area contributed by atoms with Gasteiger partial charge in [0.05, 0.1) is 12.0 Å². The number of hydrogen-bond donors (Lipinski definition) is 0. The average molecular weight is 241 g/mol. The Labute approximate surface area is 84.1 Å². The number of halogens is 2. The average Bonchev–Trinajstić information content (AvgIpc) is 2.09. The van der Waals surface area contributed by atoms with Crippen LogP contribution in [-0.2, 0) is 4.79 Å². The van der Waals surface area contributed by atoms with Gasteiger partial charge in [-0.1, -0.05) is 27.8 Å². The summed E-state index contributed by atoms with van der Waals surface area (Å²) < 4.78 is 13.7. The first-order chi connectivity index (χ1) is 6.24. The molecule has 0 aliphatic carbocycles. The van der Waals surface area contributed by atoms with E-state index in [1.54, 1.807) is 12.1 Å². The van der Waals surface area contributed by atoms with Gasteiger partial charge in [0, 0.05) is 4.47 Å². The van der Waals surface area contributed by atoms with Crippen LogP contribution in [0.15, 0.2) is 22.7 Å². The Morgan fingerprint density at radius 3 is 2.92 bits per heavy atom. The fraction of sp³-hybridized carbons (Fsp3) is 0.100. The van der Waals surface area contributed by atoms with E-state index in [4.69, 9.17) is 0 Å². The third kappa shape index (κ3) is 3.00. The summed E-state index contributed by atoms with van der Waals surface area (Å²) in [5.41, 5.74) is 0.310. The van der Waals surface area contributed by atoms with Crippen LogP contribution in [0.5, 0.6) is 0 Å². The Kier molecular flexibility index (Phi) is 3.66. The molecule has 0 radical (unpaired) electrons. The molecule has 0 unspecified atom stereocenters. The van der Waals surface area contributed by atoms with Gasteiger partial charge in [-0.2, -0.15) is 0 Å². The highest BCUT2D eigenvalue weighted by Crippen LogP contribution is 2.14. The molecule has 3 heteroatoms. The lowest BCUT2D eigenvalue weighted by Crippen LogP contribution is -1.82. The van der Waals surface area contributed by atoms with Gasteiger partial charge in [0.15, 0.2) is 0 Å². The number of carbonyl (C=O) groups is 1. The van der Waals surface area contributed by atoms with E-state index < -0.39 is 0 Å². The van der Waals surface area contributed by atoms with Crippen molar-refractivity contribution < 1.29 is 9.18 Å². The first kappa shape index (κ1) is 9.94. The second-order valence-corrected chi connectivity index (χ2v) is 3.21. The van der Waals surface area contributed by atoms with Gasteiger partial charge in [-0.3, -0.25) is 0 Å². The van der Waals surface area contributed by atoms with Gasteiger partial charge in [0.25, 0.3) is 0 Å². The number of hydrogen-bond acceptors (Lipinski definition) is 1. The van der Waals surface area contributed by atoms with E-state index in [-0.39, 0.29) is 12.2 Å². The lowest BCUT2D eigenvalue weighted by molar-refractivity contribution is -0.107. The molecule has 0 spiro atoms. The normalized spacial score (nSPS) is 8.77. The minimum absolute atomic E-state index is 0.134. The van der Waals surface area contributed by atoms with Crippen LogP contribution in [0, 0.1) is 17.7 Å². The highest BCUT2D eigenvalue weighted by molar-refractivity contribution is 9.10. The molecular formula is C10H6BrFO. The van der Waals surface area contributed by atoms with Gasteiger partial charge in [-0.05, 0) is 18.2 Å². The Bertz CT molecular complexity index is 376. The zero-order valence-electron chi connectivity index (χ0n) is 6.68. The van der Waals surface area contributed by atoms with Crippen LogP contribution >= 0.6 is 15.9 Å². The maximum atomic E-state index is 13.1. The van der Waals surface area contributed by atoms with Crippen molar-refractivity contribution in [2.45, 2.75) is 6.42 Å². The maximum absolute atomic E-state index is 13.1. The molecule has 1 aromatic rings. The zero-order valence-corrected chi connectivity index (χ0v) is 8.27. The van der Waals surface area contributed by atoms with Crippen LogP contribution in [0.4, 0.5) is 4.39 Å². The van der Waals surface area contributed by atoms with E-state index >= 15 is 0 Å². The van der Waals surface area contributed by atoms with Crippen molar-refractivity contribution in [3.05, 3.63) is 34.1 Å². The van der Waals surface area contributed by atoms with Crippen molar-refractivity contribution in [2.75, 3.05) is 0 Å². The molecule has 1 nitrogen and oxygen atoms in total. The van der Waals surface area contributed by atoms with Gasteiger partial charge in [-0.15, -0.1) is 0 Å². The van der Waals surface area contributed by atoms with E-state index in [2.05, 4.69) is 27.8 Å². The fourth-order valence-electron chi connectivity index (χ4n) is 0.779. The predicted molar refractivity (Wildman–Crippen MR) is 51.7 cm³/mol. The van der Waals surface area contributed by atoms with Gasteiger partial charge >= 0.3 is 0 Å². The molecule has 0 N–H and O–H groups in total. The minimum Gasteiger partial charge on any atom is -0.302 e. The van der Waals surface area contributed by atoms with Gasteiger partial charge in [-0.25, -0.2) is 4.39 Å². The summed E-state index contributed by atoms with van der Waals surface area (Å²) >= 11 is 3.13. The molecular weight excluding hydrogens is 235 g/mol. The molecule has 13 heavy (non-hydrogen) atoms. The summed E-state index contributed by atoms with van der Waals surface area (Å²) in [5, 5.41) is 0. The maximum Gasteiger partial charge on any atom is 0.139 e. The molecule has 66 valence electrons. The minimum atomic E-state index is -0.382. The summed E-state index contributed by atoms with van der Waals surface area (Å²) in [7, 11) is 0. The predicted octanol–water partition coefficient (Wildman–Crippen LogP) is 2.53. The standard InChI is InChI=1S/C10H6BrFO/c11-9-5-4-8(10(12)7-9)3-1-2-6-13/h4-7H,2H2. The highest BCUT2D eigenvalue weighted by Gasteiger charge is 1.97. The van der Waals surface area contributed by atoms with Gasteiger partial charge in [0.2, 0.25) is 0 Å². The number of aldehydes is 1. The van der Waals surface area contributed by atoms with E-state index in [1.807, 2.05) is 0 Å². The molecule has 0 bridgehead atoms. The Morgan fingerprint density at radius 2 is 2.31 bits per heavy atom. The Hall–Kier alpha value is -1.14. The van der Waals surface area contributed by atoms with Crippen molar-refractivity contribution >= 4 is 22.2 Å². The second kappa shape index (κ2) is 4.78. The molecule has 0 atom stereocenters. The molecule has 0 aliphatic rings. The van der Waals surface area contributed by atoms with Crippen molar-refractivity contribution in [3.63, 3.8) is 0 Å². The van der Waals surface area contributed by atoms with E-state index in [9.17, 15) is 9.18 Å². The van der Waals surface area contributed by atoms with Gasteiger partial charge in [0.1, 0.15) is 12.1 Å². The SMILES string of the molecule is O=CCC#Cc1ccc(Br)cc1F. The first-order valence-electron chi connectivity index (χ1n) is 3.61. The highest BCUT2D eigenvalue weighted by atomic mass is 79.9. The third-order valence-corrected chi connectivity index (χ3v) is 1.83. The lowest BCUT2D eigenvalue weighted by Gasteiger charge is -1.93. The molecule has 0 aromatic heterocycles. The van der Waals surface area contributed by atoms with Crippen molar-refractivity contribution in [1.82, 2.24) is 0 Å². The van der Waals surface area contributed by atoms with Crippen molar-refractivity contribution in [3.8, 4) is 11.8 Å². The molecule has 1 rings (SSSR count). The summed E-state index contributed by atoms with van der Waals surface area (Å²) in [5.74, 6) is 4.72. The Balaban J connectivity index is 2.91. The fourth-order valence-corrected chi connectivity index (χ4v) is 1.11. The second-order valence-electron chi connectivity index (χ2n) is 2.30. The topological polar surface area (TPSA) is 17.1 Å². The quantitative estimate of drug-likeness (QED) is 0.545. The number of rotatable bonds is 1. The van der Waals surface area contributed by atoms with Crippen molar-refractivity contribution in [1.29, 1.82) is 0 Å². The van der Waals surface area contributed by atoms with E-state index in [0.717, 1.165) is 0 Å². The molecule has 0 amide bonds. The molecule has 0 fully saturated rings. The Morgan fingerprint density at radius 1 is 1.54 bits per heavy atom. The van der Waals surface area contributed by atoms with Crippen molar-refractivity contribution in [2.24, 2.45) is 0 Å². The largest absolute Gasteiger partial charge is 0.302 e. The summed E-state index contributed by atoms with van der Waals surface area (Å²) in [4.78, 5) is 9.93. The molecule has 0 saturated carbocycles. The summed E-state index contributed by atoms with van der Waals surface area (Å²) in [6.07, 6.45) is 0.819. The molecule has 0 heterocycles. The number of carbonyl (C=O) groups excluding carboxylic acids is 1. The monoisotopic (exact) mass is 240 g/mol. The molecule has 1 aromatic carbocycles. The third-order valence-electron chi connectivity index (χ3n) is 1.34. The molecule has 0 saturated heterocycles. The van der Waals surface area contributed by atoms with Gasteiger partial charge < -0.3 is 4.79 Å². The molecule has 0 aliphatic heterocycles.